The van der Waals surface area contributed by atoms with E-state index in [9.17, 15) is 24.0 Å². The highest BCUT2D eigenvalue weighted by Gasteiger charge is 2.51. The molecule has 0 saturated carbocycles. The van der Waals surface area contributed by atoms with Crippen LogP contribution in [0, 0.1) is 0 Å². The summed E-state index contributed by atoms with van der Waals surface area (Å²) in [7, 11) is 1.51. The van der Waals surface area contributed by atoms with Gasteiger partial charge in [0.15, 0.2) is 18.6 Å². The number of carbonyl (C=O) groups is 4. The lowest BCUT2D eigenvalue weighted by Crippen LogP contribution is -2.42. The Morgan fingerprint density at radius 3 is 2.45 bits per heavy atom. The van der Waals surface area contributed by atoms with Crippen molar-refractivity contribution in [2.75, 3.05) is 25.6 Å². The first-order chi connectivity index (χ1) is 20.1. The maximum atomic E-state index is 13.2. The Labute approximate surface area is 241 Å². The smallest absolute Gasteiger partial charge is 0.351 e. The zero-order valence-electron chi connectivity index (χ0n) is 23.5. The van der Waals surface area contributed by atoms with E-state index >= 15 is 0 Å². The van der Waals surface area contributed by atoms with Crippen LogP contribution in [0.4, 0.5) is 5.82 Å². The summed E-state index contributed by atoms with van der Waals surface area (Å²) >= 11 is 0. The van der Waals surface area contributed by atoms with E-state index in [1.807, 2.05) is 0 Å². The molecule has 2 saturated heterocycles. The van der Waals surface area contributed by atoms with Crippen LogP contribution in [0.25, 0.3) is 0 Å². The lowest BCUT2D eigenvalue weighted by Gasteiger charge is -2.27. The Morgan fingerprint density at radius 1 is 1.07 bits per heavy atom. The highest BCUT2D eigenvalue weighted by Crippen LogP contribution is 2.35. The number of Topliss-reactive ketones (excluding diaryl/α,β-unsaturated/α-hetero) is 1. The van der Waals surface area contributed by atoms with Gasteiger partial charge in [-0.25, -0.2) is 4.79 Å². The van der Waals surface area contributed by atoms with Crippen molar-refractivity contribution >= 4 is 29.4 Å². The Kier molecular flexibility index (Phi) is 10.4. The second-order valence-corrected chi connectivity index (χ2v) is 9.75. The van der Waals surface area contributed by atoms with Gasteiger partial charge in [-0.3, -0.25) is 19.0 Å². The fraction of sp³-hybridized carbons (Fsp3) is 0.500. The van der Waals surface area contributed by atoms with E-state index in [-0.39, 0.29) is 31.0 Å². The number of hydrogen-bond donors (Lipinski definition) is 1. The van der Waals surface area contributed by atoms with E-state index in [1.54, 1.807) is 24.3 Å². The molecule has 1 unspecified atom stereocenters. The topological polar surface area (TPSA) is 171 Å². The standard InChI is InChI=1S/C28H33N3O11/c1-16(32)6-11-22(34)39-15-20-24(40-17(2)33)25(42-23-5-4-14-38-23)27(41-20)31-13-12-21(30-28(31)36)29-26(35)18-7-9-19(37-3)10-8-18/h7-10,12-13,20,23-25,27H,4-6,11,14-15H2,1-3H3,(H,29,30,35,36)/t20-,23?,24-,25-,27-/m1/s1. The molecule has 2 aliphatic rings. The normalized spacial score (nSPS) is 23.3. The number of rotatable bonds is 12. The van der Waals surface area contributed by atoms with Crippen molar-refractivity contribution in [1.82, 2.24) is 9.55 Å². The second-order valence-electron chi connectivity index (χ2n) is 9.75. The van der Waals surface area contributed by atoms with E-state index in [4.69, 9.17) is 28.4 Å². The fourth-order valence-corrected chi connectivity index (χ4v) is 4.51. The van der Waals surface area contributed by atoms with Gasteiger partial charge in [-0.15, -0.1) is 0 Å². The van der Waals surface area contributed by atoms with Gasteiger partial charge in [0.25, 0.3) is 5.91 Å². The van der Waals surface area contributed by atoms with Gasteiger partial charge in [0.1, 0.15) is 36.2 Å². The van der Waals surface area contributed by atoms with Gasteiger partial charge in [0.05, 0.1) is 13.5 Å². The number of esters is 2. The van der Waals surface area contributed by atoms with E-state index in [0.29, 0.717) is 24.3 Å². The number of nitrogens with one attached hydrogen (secondary N) is 1. The van der Waals surface area contributed by atoms with Gasteiger partial charge in [-0.2, -0.15) is 4.98 Å². The zero-order chi connectivity index (χ0) is 30.2. The minimum Gasteiger partial charge on any atom is -0.497 e. The van der Waals surface area contributed by atoms with Crippen LogP contribution >= 0.6 is 0 Å². The number of hydrogen-bond acceptors (Lipinski definition) is 12. The molecule has 5 atom stereocenters. The van der Waals surface area contributed by atoms with Crippen LogP contribution in [0.2, 0.25) is 0 Å². The molecule has 1 N–H and O–H groups in total. The highest BCUT2D eigenvalue weighted by molar-refractivity contribution is 6.03. The maximum absolute atomic E-state index is 13.2. The Morgan fingerprint density at radius 2 is 1.83 bits per heavy atom. The van der Waals surface area contributed by atoms with Crippen LogP contribution in [0.5, 0.6) is 5.75 Å². The number of ether oxygens (including phenoxy) is 6. The molecule has 0 bridgehead atoms. The summed E-state index contributed by atoms with van der Waals surface area (Å²) in [5, 5.41) is 2.57. The highest BCUT2D eigenvalue weighted by atomic mass is 16.7. The minimum absolute atomic E-state index is 0.000790. The molecule has 0 spiro atoms. The van der Waals surface area contributed by atoms with Crippen LogP contribution < -0.4 is 15.7 Å². The third kappa shape index (κ3) is 7.99. The quantitative estimate of drug-likeness (QED) is 0.358. The predicted octanol–water partition coefficient (Wildman–Crippen LogP) is 1.77. The molecule has 42 heavy (non-hydrogen) atoms. The molecule has 1 aromatic heterocycles. The summed E-state index contributed by atoms with van der Waals surface area (Å²) in [6.07, 6.45) is -2.30. The zero-order valence-corrected chi connectivity index (χ0v) is 23.5. The molecule has 2 fully saturated rings. The molecule has 2 aromatic rings. The molecular formula is C28H33N3O11. The Balaban J connectivity index is 1.55. The van der Waals surface area contributed by atoms with Gasteiger partial charge in [0.2, 0.25) is 0 Å². The van der Waals surface area contributed by atoms with Crippen LogP contribution in [-0.4, -0.2) is 78.1 Å². The third-order valence-corrected chi connectivity index (χ3v) is 6.57. The number of amides is 1. The Bertz CT molecular complexity index is 1340. The number of benzene rings is 1. The van der Waals surface area contributed by atoms with Crippen molar-refractivity contribution in [1.29, 1.82) is 0 Å². The first kappa shape index (κ1) is 30.8. The molecule has 0 aliphatic carbocycles. The maximum Gasteiger partial charge on any atom is 0.351 e. The predicted molar refractivity (Wildman–Crippen MR) is 144 cm³/mol. The largest absolute Gasteiger partial charge is 0.497 e. The summed E-state index contributed by atoms with van der Waals surface area (Å²) in [6, 6.07) is 7.80. The molecule has 1 aromatic carbocycles. The number of nitrogens with zero attached hydrogens (tertiary/aromatic N) is 2. The van der Waals surface area contributed by atoms with E-state index in [2.05, 4.69) is 10.3 Å². The second kappa shape index (κ2) is 14.2. The first-order valence-electron chi connectivity index (χ1n) is 13.4. The van der Waals surface area contributed by atoms with Crippen LogP contribution in [0.3, 0.4) is 0 Å². The van der Waals surface area contributed by atoms with Crippen molar-refractivity contribution < 1.29 is 47.6 Å². The minimum atomic E-state index is -1.15. The van der Waals surface area contributed by atoms with Crippen molar-refractivity contribution in [3.63, 3.8) is 0 Å². The van der Waals surface area contributed by atoms with Gasteiger partial charge >= 0.3 is 17.6 Å². The number of aromatic nitrogens is 2. The van der Waals surface area contributed by atoms with Crippen LogP contribution in [0.1, 0.15) is 56.1 Å². The SMILES string of the molecule is COc1ccc(C(=O)Nc2ccn([C@@H]3O[C@H](COC(=O)CCC(C)=O)[C@@H](OC(C)=O)[C@H]3OC3CCCO3)c(=O)n2)cc1. The molecule has 4 rings (SSSR count). The number of ketones is 1. The van der Waals surface area contributed by atoms with E-state index in [1.165, 1.54) is 33.2 Å². The van der Waals surface area contributed by atoms with Crippen molar-refractivity contribution in [2.45, 2.75) is 70.4 Å². The lowest BCUT2D eigenvalue weighted by molar-refractivity contribution is -0.191. The van der Waals surface area contributed by atoms with E-state index in [0.717, 1.165) is 11.0 Å². The lowest BCUT2D eigenvalue weighted by atomic mass is 10.1. The Hall–Kier alpha value is -4.14. The van der Waals surface area contributed by atoms with Crippen LogP contribution in [-0.2, 0) is 38.1 Å². The molecule has 1 amide bonds. The number of methoxy groups -OCH3 is 1. The average molecular weight is 588 g/mol. The van der Waals surface area contributed by atoms with Crippen molar-refractivity contribution in [3.8, 4) is 5.75 Å². The van der Waals surface area contributed by atoms with Crippen molar-refractivity contribution in [3.05, 3.63) is 52.6 Å². The molecule has 14 heteroatoms. The third-order valence-electron chi connectivity index (χ3n) is 6.57. The van der Waals surface area contributed by atoms with Gasteiger partial charge in [-0.1, -0.05) is 0 Å². The monoisotopic (exact) mass is 587 g/mol. The molecule has 0 radical (unpaired) electrons. The average Bonchev–Trinajstić information content (AvgIpc) is 3.59. The summed E-state index contributed by atoms with van der Waals surface area (Å²) < 4.78 is 34.8. The van der Waals surface area contributed by atoms with Gasteiger partial charge < -0.3 is 38.5 Å². The summed E-state index contributed by atoms with van der Waals surface area (Å²) in [5.41, 5.74) is -0.454. The fourth-order valence-electron chi connectivity index (χ4n) is 4.51. The molecular weight excluding hydrogens is 554 g/mol. The summed E-state index contributed by atoms with van der Waals surface area (Å²) in [5.74, 6) is -1.34. The van der Waals surface area contributed by atoms with Crippen LogP contribution in [0.15, 0.2) is 41.3 Å². The summed E-state index contributed by atoms with van der Waals surface area (Å²) in [4.78, 5) is 65.2. The molecule has 14 nitrogen and oxygen atoms in total. The van der Waals surface area contributed by atoms with Crippen molar-refractivity contribution in [2.24, 2.45) is 0 Å². The van der Waals surface area contributed by atoms with Gasteiger partial charge in [0, 0.05) is 38.1 Å². The molecule has 3 heterocycles. The number of anilines is 1. The number of carbonyl (C=O) groups excluding carboxylic acids is 4. The first-order valence-corrected chi connectivity index (χ1v) is 13.4. The van der Waals surface area contributed by atoms with Gasteiger partial charge in [-0.05, 0) is 43.7 Å². The molecule has 2 aliphatic heterocycles. The molecule has 226 valence electrons. The summed E-state index contributed by atoms with van der Waals surface area (Å²) in [6.45, 7) is 2.72. The van der Waals surface area contributed by atoms with E-state index < -0.39 is 54.4 Å².